The zero-order valence-corrected chi connectivity index (χ0v) is 50.9. The average Bonchev–Trinajstić information content (AvgIpc) is 3.62. The molecule has 0 unspecified atom stereocenters. The fourth-order valence-corrected chi connectivity index (χ4v) is 7.54. The van der Waals surface area contributed by atoms with E-state index < -0.39 is 29.2 Å². The van der Waals surface area contributed by atoms with Crippen molar-refractivity contribution in [3.63, 3.8) is 0 Å². The molecule has 0 saturated carbocycles. The summed E-state index contributed by atoms with van der Waals surface area (Å²) in [5.41, 5.74) is 12.5. The smallest absolute Gasteiger partial charge is 0.426 e. The summed E-state index contributed by atoms with van der Waals surface area (Å²) in [6.07, 6.45) is 11.3. The Labute approximate surface area is 496 Å². The van der Waals surface area contributed by atoms with E-state index in [-0.39, 0.29) is 54.3 Å². The lowest BCUT2D eigenvalue weighted by molar-refractivity contribution is -0.155. The van der Waals surface area contributed by atoms with Crippen LogP contribution in [-0.4, -0.2) is 161 Å². The molecular formula is C57H99N13O14. The number of nitrogens with zero attached hydrogens (tertiary/aromatic N) is 4. The van der Waals surface area contributed by atoms with E-state index in [9.17, 15) is 43.2 Å². The molecule has 84 heavy (non-hydrogen) atoms. The molecule has 0 aliphatic heterocycles. The first-order valence-electron chi connectivity index (χ1n) is 29.8. The molecule has 0 fully saturated rings. The summed E-state index contributed by atoms with van der Waals surface area (Å²) >= 11 is 0. The molecule has 0 radical (unpaired) electrons. The standard InChI is InChI=1S/C57H99N13O14/c1-56(2,3)83-52(76)25-12-9-15-31-61-50(74)28-29-51(75)67-45(54(78)64-35-20-38-81-40-42-82-41-39-80-37-19-34-62-49(73)24-18-36-66-70-58)21-13-17-32-60-48(72)22-10-7-14-30-59-47(71)23-11-8-16-33-63-53(77)44-26-27-46(65-43-44)68-69-55(79)84-57(4,5)6/h26-27,43,45H,7-25,28-42H2,1-6H3,(H,59,71)(H,60,72)(H,61,74)(H,62,73)(H,63,77)(H,64,78)(H,65,68)(H,67,75)(H,69,79)/t45-/m0/s1. The monoisotopic (exact) mass is 1190 g/mol. The lowest BCUT2D eigenvalue weighted by atomic mass is 10.1. The fraction of sp³-hybridized carbons (Fsp3) is 0.754. The Morgan fingerprint density at radius 3 is 1.50 bits per heavy atom. The normalized spacial score (nSPS) is 11.5. The minimum absolute atomic E-state index is 0.0485. The number of pyridine rings is 1. The van der Waals surface area contributed by atoms with Crippen molar-refractivity contribution in [2.24, 2.45) is 5.11 Å². The highest BCUT2D eigenvalue weighted by molar-refractivity contribution is 5.94. The summed E-state index contributed by atoms with van der Waals surface area (Å²) in [4.78, 5) is 118. The summed E-state index contributed by atoms with van der Waals surface area (Å²) in [6.45, 7) is 15.9. The van der Waals surface area contributed by atoms with E-state index in [0.717, 1.165) is 25.7 Å². The zero-order chi connectivity index (χ0) is 62.1. The van der Waals surface area contributed by atoms with E-state index in [1.807, 2.05) is 20.8 Å². The fourth-order valence-electron chi connectivity index (χ4n) is 7.54. The molecule has 0 saturated heterocycles. The van der Waals surface area contributed by atoms with Gasteiger partial charge in [0.15, 0.2) is 0 Å². The number of amides is 8. The van der Waals surface area contributed by atoms with Gasteiger partial charge in [-0.2, -0.15) is 0 Å². The van der Waals surface area contributed by atoms with Crippen LogP contribution < -0.4 is 48.1 Å². The molecule has 1 rings (SSSR count). The van der Waals surface area contributed by atoms with Crippen LogP contribution in [0.4, 0.5) is 10.6 Å². The first-order chi connectivity index (χ1) is 40.2. The first kappa shape index (κ1) is 75.2. The van der Waals surface area contributed by atoms with Crippen molar-refractivity contribution in [2.45, 2.75) is 194 Å². The number of azide groups is 1. The highest BCUT2D eigenvalue weighted by atomic mass is 16.6. The molecule has 0 spiro atoms. The second-order valence-corrected chi connectivity index (χ2v) is 21.9. The summed E-state index contributed by atoms with van der Waals surface area (Å²) in [7, 11) is 0. The number of hydrazine groups is 1. The SMILES string of the molecule is CC(C)(C)OC(=O)CCCCCNC(=O)CCC(=O)N[C@@H](CCCCNC(=O)CCCCCNC(=O)CCCCCNC(=O)c1ccc(NNC(=O)OC(C)(C)C)nc1)C(=O)NCCCOCCOCCOCCCNC(=O)CCCN=[N+]=[N-]. The number of aromatic nitrogens is 1. The van der Waals surface area contributed by atoms with Crippen LogP contribution in [-0.2, 0) is 57.2 Å². The van der Waals surface area contributed by atoms with Gasteiger partial charge in [-0.15, -0.1) is 0 Å². The molecule has 9 N–H and O–H groups in total. The predicted octanol–water partition coefficient (Wildman–Crippen LogP) is 5.62. The Morgan fingerprint density at radius 2 is 0.976 bits per heavy atom. The van der Waals surface area contributed by atoms with Gasteiger partial charge in [0.05, 0.1) is 32.0 Å². The molecule has 1 heterocycles. The van der Waals surface area contributed by atoms with Crippen LogP contribution in [0.2, 0.25) is 0 Å². The molecule has 1 atom stereocenters. The van der Waals surface area contributed by atoms with Crippen LogP contribution in [0, 0.1) is 0 Å². The number of esters is 1. The van der Waals surface area contributed by atoms with E-state index in [0.29, 0.717) is 193 Å². The van der Waals surface area contributed by atoms with Gasteiger partial charge >= 0.3 is 12.1 Å². The maximum atomic E-state index is 13.3. The van der Waals surface area contributed by atoms with Gasteiger partial charge in [0.2, 0.25) is 35.4 Å². The Morgan fingerprint density at radius 1 is 0.512 bits per heavy atom. The average molecular weight is 1190 g/mol. The number of ether oxygens (including phenoxy) is 5. The van der Waals surface area contributed by atoms with Crippen molar-refractivity contribution in [3.05, 3.63) is 34.3 Å². The summed E-state index contributed by atoms with van der Waals surface area (Å²) in [5.74, 6) is -1.54. The van der Waals surface area contributed by atoms with Crippen molar-refractivity contribution in [1.29, 1.82) is 0 Å². The summed E-state index contributed by atoms with van der Waals surface area (Å²) in [5, 5.41) is 23.3. The molecule has 0 aromatic carbocycles. The van der Waals surface area contributed by atoms with Gasteiger partial charge in [-0.3, -0.25) is 43.8 Å². The van der Waals surface area contributed by atoms with Crippen molar-refractivity contribution in [2.75, 3.05) is 90.9 Å². The van der Waals surface area contributed by atoms with E-state index in [2.05, 4.69) is 63.1 Å². The Bertz CT molecular complexity index is 2120. The van der Waals surface area contributed by atoms with Crippen LogP contribution in [0.15, 0.2) is 23.4 Å². The molecule has 1 aromatic rings. The number of hydrogen-bond donors (Lipinski definition) is 9. The zero-order valence-electron chi connectivity index (χ0n) is 50.9. The lowest BCUT2D eigenvalue weighted by Crippen LogP contribution is -2.47. The minimum atomic E-state index is -0.852. The second kappa shape index (κ2) is 47.5. The third-order valence-electron chi connectivity index (χ3n) is 11.8. The lowest BCUT2D eigenvalue weighted by Gasteiger charge is -2.19. The van der Waals surface area contributed by atoms with E-state index in [1.165, 1.54) is 6.20 Å². The van der Waals surface area contributed by atoms with E-state index >= 15 is 0 Å². The molecule has 476 valence electrons. The second-order valence-electron chi connectivity index (χ2n) is 21.9. The van der Waals surface area contributed by atoms with Crippen LogP contribution in [0.3, 0.4) is 0 Å². The van der Waals surface area contributed by atoms with Crippen LogP contribution in [0.25, 0.3) is 10.4 Å². The van der Waals surface area contributed by atoms with Crippen molar-refractivity contribution < 1.29 is 66.8 Å². The van der Waals surface area contributed by atoms with Gasteiger partial charge in [-0.25, -0.2) is 15.2 Å². The predicted molar refractivity (Wildman–Crippen MR) is 316 cm³/mol. The largest absolute Gasteiger partial charge is 0.460 e. The minimum Gasteiger partial charge on any atom is -0.460 e. The maximum Gasteiger partial charge on any atom is 0.426 e. The molecular weight excluding hydrogens is 1090 g/mol. The summed E-state index contributed by atoms with van der Waals surface area (Å²) in [6, 6.07) is 2.29. The van der Waals surface area contributed by atoms with Crippen molar-refractivity contribution in [3.8, 4) is 0 Å². The van der Waals surface area contributed by atoms with Gasteiger partial charge in [0.1, 0.15) is 23.1 Å². The Kier molecular flexibility index (Phi) is 42.5. The third-order valence-corrected chi connectivity index (χ3v) is 11.8. The van der Waals surface area contributed by atoms with Gasteiger partial charge in [-0.05, 0) is 136 Å². The molecule has 0 bridgehead atoms. The van der Waals surface area contributed by atoms with Crippen molar-refractivity contribution >= 4 is 59.2 Å². The number of hydrogen-bond acceptors (Lipinski definition) is 17. The van der Waals surface area contributed by atoms with E-state index in [4.69, 9.17) is 29.2 Å². The van der Waals surface area contributed by atoms with Crippen LogP contribution >= 0.6 is 0 Å². The molecule has 0 aliphatic carbocycles. The van der Waals surface area contributed by atoms with Gasteiger partial charge in [0.25, 0.3) is 5.91 Å². The number of nitrogens with one attached hydrogen (secondary N) is 9. The molecule has 27 nitrogen and oxygen atoms in total. The van der Waals surface area contributed by atoms with Crippen LogP contribution in [0.5, 0.6) is 0 Å². The number of anilines is 1. The molecule has 0 aliphatic rings. The quantitative estimate of drug-likeness (QED) is 0.00954. The van der Waals surface area contributed by atoms with Crippen molar-refractivity contribution in [1.82, 2.24) is 47.6 Å². The highest BCUT2D eigenvalue weighted by Gasteiger charge is 2.22. The Balaban J connectivity index is 2.32. The topological polar surface area (TPSA) is 370 Å². The first-order valence-corrected chi connectivity index (χ1v) is 29.8. The molecule has 27 heteroatoms. The number of carbonyl (C=O) groups is 9. The third kappa shape index (κ3) is 46.6. The summed E-state index contributed by atoms with van der Waals surface area (Å²) < 4.78 is 27.1. The van der Waals surface area contributed by atoms with Gasteiger partial charge in [-0.1, -0.05) is 24.4 Å². The molecule has 1 aromatic heterocycles. The number of unbranched alkanes of at least 4 members (excludes halogenated alkanes) is 7. The van der Waals surface area contributed by atoms with Gasteiger partial charge < -0.3 is 60.9 Å². The Hall–Kier alpha value is -6.83. The van der Waals surface area contributed by atoms with E-state index in [1.54, 1.807) is 32.9 Å². The van der Waals surface area contributed by atoms with Crippen LogP contribution in [0.1, 0.15) is 187 Å². The molecule has 8 amide bonds. The number of rotatable bonds is 49. The van der Waals surface area contributed by atoms with Gasteiger partial charge in [0, 0.05) is 109 Å². The maximum absolute atomic E-state index is 13.3. The number of carbonyl (C=O) groups excluding carboxylic acids is 9. The highest BCUT2D eigenvalue weighted by Crippen LogP contribution is 2.12.